The number of nitriles is 1. The molecule has 0 aliphatic rings. The van der Waals surface area contributed by atoms with Crippen LogP contribution in [0.25, 0.3) is 0 Å². The van der Waals surface area contributed by atoms with Crippen molar-refractivity contribution in [3.05, 3.63) is 52.6 Å². The zero-order valence-electron chi connectivity index (χ0n) is 10.2. The van der Waals surface area contributed by atoms with E-state index >= 15 is 0 Å². The molecule has 0 unspecified atom stereocenters. The Morgan fingerprint density at radius 2 is 2.30 bits per heavy atom. The Hall–Kier alpha value is -2.65. The van der Waals surface area contributed by atoms with Gasteiger partial charge in [0.05, 0.1) is 34.6 Å². The van der Waals surface area contributed by atoms with E-state index in [1.54, 1.807) is 18.2 Å². The number of nitrogens with one attached hydrogen (secondary N) is 1. The van der Waals surface area contributed by atoms with Crippen LogP contribution in [0, 0.1) is 11.3 Å². The third-order valence-electron chi connectivity index (χ3n) is 2.57. The maximum atomic E-state index is 11.0. The summed E-state index contributed by atoms with van der Waals surface area (Å²) in [4.78, 5) is 18.6. The normalized spacial score (nSPS) is 9.80. The second-order valence-corrected chi connectivity index (χ2v) is 4.26. The van der Waals surface area contributed by atoms with Crippen molar-refractivity contribution in [3.8, 4) is 6.07 Å². The van der Waals surface area contributed by atoms with E-state index < -0.39 is 5.97 Å². The van der Waals surface area contributed by atoms with E-state index in [-0.39, 0.29) is 12.1 Å². The van der Waals surface area contributed by atoms with Crippen LogP contribution >= 0.6 is 11.6 Å². The molecule has 2 rings (SSSR count). The summed E-state index contributed by atoms with van der Waals surface area (Å²) in [6, 6.07) is 6.79. The molecular weight excluding hydrogens is 280 g/mol. The Kier molecular flexibility index (Phi) is 4.13. The highest BCUT2D eigenvalue weighted by atomic mass is 35.5. The van der Waals surface area contributed by atoms with Gasteiger partial charge in [-0.1, -0.05) is 11.6 Å². The van der Waals surface area contributed by atoms with Crippen LogP contribution in [0.4, 0.5) is 5.69 Å². The lowest BCUT2D eigenvalue weighted by molar-refractivity contribution is 0.0694. The van der Waals surface area contributed by atoms with E-state index in [2.05, 4.69) is 15.3 Å². The van der Waals surface area contributed by atoms with Crippen molar-refractivity contribution >= 4 is 23.3 Å². The van der Waals surface area contributed by atoms with Crippen LogP contribution in [-0.2, 0) is 6.54 Å². The minimum absolute atomic E-state index is 0.0209. The van der Waals surface area contributed by atoms with E-state index in [0.29, 0.717) is 22.0 Å². The Labute approximate surface area is 119 Å². The van der Waals surface area contributed by atoms with Gasteiger partial charge in [-0.3, -0.25) is 0 Å². The fraction of sp³-hybridized carbons (Fsp3) is 0.0769. The number of nitrogens with zero attached hydrogens (tertiary/aromatic N) is 3. The van der Waals surface area contributed by atoms with Crippen molar-refractivity contribution < 1.29 is 9.90 Å². The van der Waals surface area contributed by atoms with Crippen LogP contribution in [0.1, 0.15) is 21.6 Å². The third-order valence-corrected chi connectivity index (χ3v) is 2.90. The Morgan fingerprint density at radius 1 is 1.50 bits per heavy atom. The highest BCUT2D eigenvalue weighted by Gasteiger charge is 2.11. The summed E-state index contributed by atoms with van der Waals surface area (Å²) in [5, 5.41) is 21.3. The molecule has 0 bridgehead atoms. The van der Waals surface area contributed by atoms with Crippen molar-refractivity contribution in [2.24, 2.45) is 0 Å². The zero-order chi connectivity index (χ0) is 14.5. The van der Waals surface area contributed by atoms with Gasteiger partial charge in [0.25, 0.3) is 0 Å². The van der Waals surface area contributed by atoms with E-state index in [0.717, 1.165) is 0 Å². The quantitative estimate of drug-likeness (QED) is 0.895. The maximum Gasteiger partial charge on any atom is 0.339 e. The lowest BCUT2D eigenvalue weighted by Crippen LogP contribution is -2.10. The molecule has 100 valence electrons. The zero-order valence-corrected chi connectivity index (χ0v) is 10.9. The molecule has 0 radical (unpaired) electrons. The Bertz CT molecular complexity index is 697. The first-order chi connectivity index (χ1) is 9.61. The number of rotatable bonds is 4. The molecule has 0 fully saturated rings. The van der Waals surface area contributed by atoms with Gasteiger partial charge in [-0.25, -0.2) is 14.8 Å². The highest BCUT2D eigenvalue weighted by Crippen LogP contribution is 2.23. The molecule has 1 aromatic heterocycles. The van der Waals surface area contributed by atoms with E-state index in [9.17, 15) is 4.79 Å². The number of carboxylic acid groups (broad SMARTS) is 1. The van der Waals surface area contributed by atoms with Crippen LogP contribution in [0.15, 0.2) is 30.7 Å². The SMILES string of the molecule is N#Cc1ccc(Cl)c(NCc2ncncc2C(=O)O)c1. The molecule has 2 N–H and O–H groups in total. The van der Waals surface area contributed by atoms with Crippen LogP contribution in [0.3, 0.4) is 0 Å². The lowest BCUT2D eigenvalue weighted by atomic mass is 10.2. The molecule has 0 amide bonds. The fourth-order valence-corrected chi connectivity index (χ4v) is 1.77. The molecule has 1 aromatic carbocycles. The van der Waals surface area contributed by atoms with Gasteiger partial charge in [-0.15, -0.1) is 0 Å². The van der Waals surface area contributed by atoms with E-state index in [1.165, 1.54) is 12.5 Å². The summed E-state index contributed by atoms with van der Waals surface area (Å²) in [6.45, 7) is 0.165. The van der Waals surface area contributed by atoms with Gasteiger partial charge in [0, 0.05) is 6.20 Å². The van der Waals surface area contributed by atoms with Gasteiger partial charge >= 0.3 is 5.97 Å². The van der Waals surface area contributed by atoms with E-state index in [4.69, 9.17) is 22.0 Å². The molecular formula is C13H9ClN4O2. The van der Waals surface area contributed by atoms with Gasteiger partial charge in [0.15, 0.2) is 0 Å². The molecule has 0 atom stereocenters. The summed E-state index contributed by atoms with van der Waals surface area (Å²) < 4.78 is 0. The number of halogens is 1. The largest absolute Gasteiger partial charge is 0.478 e. The van der Waals surface area contributed by atoms with E-state index in [1.807, 2.05) is 6.07 Å². The molecule has 1 heterocycles. The number of hydrogen-bond acceptors (Lipinski definition) is 5. The number of aromatic carboxylic acids is 1. The van der Waals surface area contributed by atoms with Gasteiger partial charge in [-0.2, -0.15) is 5.26 Å². The summed E-state index contributed by atoms with van der Waals surface area (Å²) in [5.74, 6) is -1.10. The van der Waals surface area contributed by atoms with Gasteiger partial charge in [-0.05, 0) is 18.2 Å². The minimum atomic E-state index is -1.10. The van der Waals surface area contributed by atoms with Crippen LogP contribution < -0.4 is 5.32 Å². The molecule has 20 heavy (non-hydrogen) atoms. The lowest BCUT2D eigenvalue weighted by Gasteiger charge is -2.09. The van der Waals surface area contributed by atoms with Crippen molar-refractivity contribution in [3.63, 3.8) is 0 Å². The number of aromatic nitrogens is 2. The first kappa shape index (κ1) is 13.8. The molecule has 7 heteroatoms. The number of carboxylic acids is 1. The van der Waals surface area contributed by atoms with Crippen molar-refractivity contribution in [1.82, 2.24) is 9.97 Å². The third kappa shape index (κ3) is 3.02. The predicted molar refractivity (Wildman–Crippen MR) is 72.5 cm³/mol. The maximum absolute atomic E-state index is 11.0. The second kappa shape index (κ2) is 5.99. The van der Waals surface area contributed by atoms with Gasteiger partial charge in [0.1, 0.15) is 11.9 Å². The van der Waals surface area contributed by atoms with Crippen LogP contribution in [-0.4, -0.2) is 21.0 Å². The average Bonchev–Trinajstić information content (AvgIpc) is 2.46. The predicted octanol–water partition coefficient (Wildman–Crippen LogP) is 2.31. The monoisotopic (exact) mass is 288 g/mol. The first-order valence-electron chi connectivity index (χ1n) is 5.57. The van der Waals surface area contributed by atoms with Crippen LogP contribution in [0.5, 0.6) is 0 Å². The molecule has 0 saturated heterocycles. The second-order valence-electron chi connectivity index (χ2n) is 3.85. The highest BCUT2D eigenvalue weighted by molar-refractivity contribution is 6.33. The first-order valence-corrected chi connectivity index (χ1v) is 5.95. The average molecular weight is 289 g/mol. The summed E-state index contributed by atoms with van der Waals surface area (Å²) >= 11 is 6.00. The topological polar surface area (TPSA) is 98.9 Å². The smallest absolute Gasteiger partial charge is 0.339 e. The summed E-state index contributed by atoms with van der Waals surface area (Å²) in [6.07, 6.45) is 2.51. The van der Waals surface area contributed by atoms with Crippen molar-refractivity contribution in [1.29, 1.82) is 5.26 Å². The molecule has 0 aliphatic carbocycles. The number of benzene rings is 1. The molecule has 2 aromatic rings. The molecule has 0 spiro atoms. The van der Waals surface area contributed by atoms with Crippen LogP contribution in [0.2, 0.25) is 5.02 Å². The Balaban J connectivity index is 2.21. The van der Waals surface area contributed by atoms with Gasteiger partial charge < -0.3 is 10.4 Å². The number of anilines is 1. The van der Waals surface area contributed by atoms with Gasteiger partial charge in [0.2, 0.25) is 0 Å². The standard InChI is InChI=1S/C13H9ClN4O2/c14-10-2-1-8(4-15)3-11(10)17-6-12-9(13(19)20)5-16-7-18-12/h1-3,5,7,17H,6H2,(H,19,20). The Morgan fingerprint density at radius 3 is 3.00 bits per heavy atom. The molecule has 0 aliphatic heterocycles. The number of carbonyl (C=O) groups is 1. The number of hydrogen-bond donors (Lipinski definition) is 2. The summed E-state index contributed by atoms with van der Waals surface area (Å²) in [7, 11) is 0. The minimum Gasteiger partial charge on any atom is -0.478 e. The van der Waals surface area contributed by atoms with Crippen molar-refractivity contribution in [2.45, 2.75) is 6.54 Å². The molecule has 6 nitrogen and oxygen atoms in total. The summed E-state index contributed by atoms with van der Waals surface area (Å²) in [5.41, 5.74) is 1.36. The fourth-order valence-electron chi connectivity index (χ4n) is 1.58. The molecule has 0 saturated carbocycles. The van der Waals surface area contributed by atoms with Crippen molar-refractivity contribution in [2.75, 3.05) is 5.32 Å².